The lowest BCUT2D eigenvalue weighted by Crippen LogP contribution is -2.39. The van der Waals surface area contributed by atoms with Gasteiger partial charge in [0.15, 0.2) is 0 Å². The van der Waals surface area contributed by atoms with Crippen LogP contribution in [0.1, 0.15) is 5.69 Å². The molecule has 1 N–H and O–H groups in total. The maximum absolute atomic E-state index is 11.7. The molecule has 0 aliphatic carbocycles. The summed E-state index contributed by atoms with van der Waals surface area (Å²) in [5, 5.41) is 3.23. The van der Waals surface area contributed by atoms with Crippen molar-refractivity contribution in [2.75, 3.05) is 40.4 Å². The highest BCUT2D eigenvalue weighted by Crippen LogP contribution is 1.90. The zero-order valence-electron chi connectivity index (χ0n) is 12.7. The maximum atomic E-state index is 11.7. The summed E-state index contributed by atoms with van der Waals surface area (Å²) in [6.45, 7) is 3.74. The van der Waals surface area contributed by atoms with Gasteiger partial charge in [-0.2, -0.15) is 0 Å². The molecule has 1 aromatic heterocycles. The Bertz CT molecular complexity index is 535. The second kappa shape index (κ2) is 7.98. The zero-order valence-corrected chi connectivity index (χ0v) is 12.7. The SMILES string of the molecule is COCCN(C)CCNCc1cc(=O)n(C)c(=O)n1C. The van der Waals surface area contributed by atoms with Crippen LogP contribution in [0.15, 0.2) is 15.7 Å². The Kier molecular flexibility index (Phi) is 6.63. The van der Waals surface area contributed by atoms with Gasteiger partial charge in [0.2, 0.25) is 0 Å². The molecule has 0 fully saturated rings. The van der Waals surface area contributed by atoms with Crippen molar-refractivity contribution in [1.82, 2.24) is 19.4 Å². The number of ether oxygens (including phenoxy) is 1. The van der Waals surface area contributed by atoms with Crippen LogP contribution >= 0.6 is 0 Å². The summed E-state index contributed by atoms with van der Waals surface area (Å²) >= 11 is 0. The summed E-state index contributed by atoms with van der Waals surface area (Å²) in [5.41, 5.74) is 0.117. The van der Waals surface area contributed by atoms with Crippen LogP contribution in [0.4, 0.5) is 0 Å². The van der Waals surface area contributed by atoms with Crippen molar-refractivity contribution in [3.8, 4) is 0 Å². The predicted molar refractivity (Wildman–Crippen MR) is 78.0 cm³/mol. The molecular weight excluding hydrogens is 260 g/mol. The van der Waals surface area contributed by atoms with Crippen LogP contribution < -0.4 is 16.6 Å². The molecule has 0 aliphatic heterocycles. The fourth-order valence-electron chi connectivity index (χ4n) is 1.79. The van der Waals surface area contributed by atoms with Gasteiger partial charge >= 0.3 is 5.69 Å². The van der Waals surface area contributed by atoms with E-state index in [1.54, 1.807) is 14.2 Å². The standard InChI is InChI=1S/C13H24N4O3/c1-15(7-8-20-4)6-5-14-10-11-9-12(18)17(3)13(19)16(11)2/h9,14H,5-8,10H2,1-4H3. The Labute approximate surface area is 118 Å². The van der Waals surface area contributed by atoms with Gasteiger partial charge in [-0.1, -0.05) is 0 Å². The summed E-state index contributed by atoms with van der Waals surface area (Å²) in [6, 6.07) is 1.49. The van der Waals surface area contributed by atoms with Gasteiger partial charge in [-0.15, -0.1) is 0 Å². The van der Waals surface area contributed by atoms with Crippen LogP contribution in [0, 0.1) is 0 Å². The Morgan fingerprint density at radius 1 is 1.25 bits per heavy atom. The number of nitrogens with one attached hydrogen (secondary N) is 1. The molecular formula is C13H24N4O3. The first-order valence-corrected chi connectivity index (χ1v) is 6.61. The molecule has 114 valence electrons. The van der Waals surface area contributed by atoms with Crippen LogP contribution in [0.5, 0.6) is 0 Å². The molecule has 7 heteroatoms. The quantitative estimate of drug-likeness (QED) is 0.604. The highest BCUT2D eigenvalue weighted by atomic mass is 16.5. The van der Waals surface area contributed by atoms with Gasteiger partial charge in [-0.3, -0.25) is 13.9 Å². The third-order valence-electron chi connectivity index (χ3n) is 3.28. The Balaban J connectivity index is 2.47. The number of rotatable bonds is 8. The topological polar surface area (TPSA) is 68.5 Å². The minimum absolute atomic E-state index is 0.276. The molecule has 0 unspecified atom stereocenters. The molecule has 0 saturated heterocycles. The first-order chi connectivity index (χ1) is 9.47. The molecule has 0 aliphatic rings. The van der Waals surface area contributed by atoms with Crippen LogP contribution in [-0.2, 0) is 25.4 Å². The number of nitrogens with zero attached hydrogens (tertiary/aromatic N) is 3. The van der Waals surface area contributed by atoms with Gasteiger partial charge in [0.05, 0.1) is 6.61 Å². The highest BCUT2D eigenvalue weighted by molar-refractivity contribution is 5.01. The van der Waals surface area contributed by atoms with Gasteiger partial charge in [-0.25, -0.2) is 4.79 Å². The highest BCUT2D eigenvalue weighted by Gasteiger charge is 2.05. The van der Waals surface area contributed by atoms with Crippen molar-refractivity contribution in [2.45, 2.75) is 6.54 Å². The van der Waals surface area contributed by atoms with E-state index in [2.05, 4.69) is 10.2 Å². The van der Waals surface area contributed by atoms with Crippen LogP contribution in [0.2, 0.25) is 0 Å². The van der Waals surface area contributed by atoms with Crippen LogP contribution in [0.25, 0.3) is 0 Å². The Morgan fingerprint density at radius 3 is 2.60 bits per heavy atom. The zero-order chi connectivity index (χ0) is 15.1. The molecule has 0 atom stereocenters. The summed E-state index contributed by atoms with van der Waals surface area (Å²) in [6.07, 6.45) is 0. The van der Waals surface area contributed by atoms with Gasteiger partial charge in [0.1, 0.15) is 0 Å². The lowest BCUT2D eigenvalue weighted by atomic mass is 10.3. The van der Waals surface area contributed by atoms with E-state index in [0.29, 0.717) is 18.8 Å². The third kappa shape index (κ3) is 4.59. The van der Waals surface area contributed by atoms with Crippen molar-refractivity contribution >= 4 is 0 Å². The third-order valence-corrected chi connectivity index (χ3v) is 3.28. The number of likely N-dealkylation sites (N-methyl/N-ethyl adjacent to an activating group) is 1. The summed E-state index contributed by atoms with van der Waals surface area (Å²) in [5.74, 6) is 0. The first kappa shape index (κ1) is 16.6. The minimum Gasteiger partial charge on any atom is -0.383 e. The lowest BCUT2D eigenvalue weighted by molar-refractivity contribution is 0.161. The molecule has 0 saturated carbocycles. The summed E-state index contributed by atoms with van der Waals surface area (Å²) in [4.78, 5) is 25.5. The van der Waals surface area contributed by atoms with Crippen molar-refractivity contribution in [1.29, 1.82) is 0 Å². The molecule has 0 radical (unpaired) electrons. The van der Waals surface area contributed by atoms with Crippen molar-refractivity contribution in [2.24, 2.45) is 14.1 Å². The Hall–Kier alpha value is -1.44. The van der Waals surface area contributed by atoms with E-state index < -0.39 is 0 Å². The minimum atomic E-state index is -0.300. The Morgan fingerprint density at radius 2 is 1.95 bits per heavy atom. The van der Waals surface area contributed by atoms with E-state index in [1.807, 2.05) is 7.05 Å². The monoisotopic (exact) mass is 284 g/mol. The second-order valence-electron chi connectivity index (χ2n) is 4.85. The fraction of sp³-hybridized carbons (Fsp3) is 0.692. The molecule has 20 heavy (non-hydrogen) atoms. The lowest BCUT2D eigenvalue weighted by Gasteiger charge is -2.16. The van der Waals surface area contributed by atoms with Crippen molar-refractivity contribution < 1.29 is 4.74 Å². The van der Waals surface area contributed by atoms with E-state index in [-0.39, 0.29) is 11.2 Å². The number of methoxy groups -OCH3 is 1. The molecule has 0 spiro atoms. The smallest absolute Gasteiger partial charge is 0.330 e. The second-order valence-corrected chi connectivity index (χ2v) is 4.85. The van der Waals surface area contributed by atoms with Gasteiger partial charge in [0, 0.05) is 59.1 Å². The van der Waals surface area contributed by atoms with Crippen LogP contribution in [0.3, 0.4) is 0 Å². The molecule has 1 aromatic rings. The first-order valence-electron chi connectivity index (χ1n) is 6.61. The maximum Gasteiger partial charge on any atom is 0.330 e. The molecule has 1 heterocycles. The van der Waals surface area contributed by atoms with Crippen molar-refractivity contribution in [3.05, 3.63) is 32.6 Å². The summed E-state index contributed by atoms with van der Waals surface area (Å²) in [7, 11) is 6.85. The van der Waals surface area contributed by atoms with E-state index in [4.69, 9.17) is 4.74 Å². The van der Waals surface area contributed by atoms with E-state index >= 15 is 0 Å². The molecule has 0 bridgehead atoms. The van der Waals surface area contributed by atoms with Gasteiger partial charge in [-0.05, 0) is 7.05 Å². The number of aromatic nitrogens is 2. The van der Waals surface area contributed by atoms with Crippen molar-refractivity contribution in [3.63, 3.8) is 0 Å². The molecule has 1 rings (SSSR count). The normalized spacial score (nSPS) is 11.2. The summed E-state index contributed by atoms with van der Waals surface area (Å²) < 4.78 is 7.59. The molecule has 7 nitrogen and oxygen atoms in total. The average Bonchev–Trinajstić information content (AvgIpc) is 2.44. The average molecular weight is 284 g/mol. The van der Waals surface area contributed by atoms with Gasteiger partial charge in [0.25, 0.3) is 5.56 Å². The predicted octanol–water partition coefficient (Wildman–Crippen LogP) is -1.25. The number of hydrogen-bond acceptors (Lipinski definition) is 5. The fourth-order valence-corrected chi connectivity index (χ4v) is 1.79. The van der Waals surface area contributed by atoms with E-state index in [0.717, 1.165) is 24.2 Å². The van der Waals surface area contributed by atoms with Gasteiger partial charge < -0.3 is 15.0 Å². The largest absolute Gasteiger partial charge is 0.383 e. The molecule has 0 aromatic carbocycles. The number of hydrogen-bond donors (Lipinski definition) is 1. The van der Waals surface area contributed by atoms with E-state index in [1.165, 1.54) is 17.7 Å². The van der Waals surface area contributed by atoms with E-state index in [9.17, 15) is 9.59 Å². The van der Waals surface area contributed by atoms with Crippen LogP contribution in [-0.4, -0.2) is 54.4 Å². The molecule has 0 amide bonds.